The van der Waals surface area contributed by atoms with Crippen molar-refractivity contribution in [3.63, 3.8) is 0 Å². The highest BCUT2D eigenvalue weighted by molar-refractivity contribution is 5.82. The summed E-state index contributed by atoms with van der Waals surface area (Å²) >= 11 is 0. The molecule has 1 aliphatic heterocycles. The summed E-state index contributed by atoms with van der Waals surface area (Å²) < 4.78 is 0. The van der Waals surface area contributed by atoms with Gasteiger partial charge in [-0.25, -0.2) is 0 Å². The molecule has 1 N–H and O–H groups in total. The van der Waals surface area contributed by atoms with Crippen LogP contribution >= 0.6 is 0 Å². The topological polar surface area (TPSA) is 45.2 Å². The minimum Gasteiger partial charge on any atom is -0.337 e. The van der Waals surface area contributed by atoms with E-state index in [1.54, 1.807) is 12.4 Å². The Bertz CT molecular complexity index is 360. The Hall–Kier alpha value is -1.42. The van der Waals surface area contributed by atoms with Crippen molar-refractivity contribution < 1.29 is 4.79 Å². The fourth-order valence-electron chi connectivity index (χ4n) is 2.17. The van der Waals surface area contributed by atoms with Gasteiger partial charge in [-0.05, 0) is 44.0 Å². The van der Waals surface area contributed by atoms with Crippen molar-refractivity contribution in [2.75, 3.05) is 13.1 Å². The Morgan fingerprint density at radius 1 is 1.53 bits per heavy atom. The van der Waals surface area contributed by atoms with E-state index in [9.17, 15) is 4.79 Å². The highest BCUT2D eigenvalue weighted by atomic mass is 16.2. The van der Waals surface area contributed by atoms with Crippen molar-refractivity contribution in [3.8, 4) is 0 Å². The molecule has 4 nitrogen and oxygen atoms in total. The molecule has 1 fully saturated rings. The molecule has 2 heterocycles. The molecule has 0 radical (unpaired) electrons. The molecule has 1 aliphatic rings. The van der Waals surface area contributed by atoms with Gasteiger partial charge in [0.1, 0.15) is 0 Å². The number of hydrogen-bond donors (Lipinski definition) is 1. The molecule has 17 heavy (non-hydrogen) atoms. The van der Waals surface area contributed by atoms with Crippen LogP contribution in [0.2, 0.25) is 0 Å². The van der Waals surface area contributed by atoms with Crippen molar-refractivity contribution in [3.05, 3.63) is 30.1 Å². The molecule has 0 aromatic carbocycles. The van der Waals surface area contributed by atoms with Gasteiger partial charge in [0.05, 0.1) is 6.04 Å². The molecule has 2 rings (SSSR count). The third-order valence-corrected chi connectivity index (χ3v) is 3.17. The third kappa shape index (κ3) is 3.03. The summed E-state index contributed by atoms with van der Waals surface area (Å²) in [7, 11) is 0. The largest absolute Gasteiger partial charge is 0.337 e. The molecule has 0 bridgehead atoms. The summed E-state index contributed by atoms with van der Waals surface area (Å²) in [5, 5.41) is 3.25. The van der Waals surface area contributed by atoms with Crippen molar-refractivity contribution in [2.24, 2.45) is 0 Å². The number of carbonyl (C=O) groups is 1. The third-order valence-electron chi connectivity index (χ3n) is 3.17. The summed E-state index contributed by atoms with van der Waals surface area (Å²) in [6.07, 6.45) is 5.60. The van der Waals surface area contributed by atoms with Gasteiger partial charge in [-0.15, -0.1) is 0 Å². The number of carbonyl (C=O) groups excluding carboxylic acids is 1. The first kappa shape index (κ1) is 12.0. The average Bonchev–Trinajstić information content (AvgIpc) is 2.90. The van der Waals surface area contributed by atoms with Gasteiger partial charge in [0.15, 0.2) is 0 Å². The van der Waals surface area contributed by atoms with Crippen molar-refractivity contribution in [1.29, 1.82) is 0 Å². The average molecular weight is 233 g/mol. The van der Waals surface area contributed by atoms with E-state index in [0.29, 0.717) is 6.54 Å². The summed E-state index contributed by atoms with van der Waals surface area (Å²) in [5.41, 5.74) is 1.13. The van der Waals surface area contributed by atoms with Crippen molar-refractivity contribution in [1.82, 2.24) is 15.2 Å². The van der Waals surface area contributed by atoms with Crippen LogP contribution in [-0.4, -0.2) is 34.9 Å². The summed E-state index contributed by atoms with van der Waals surface area (Å²) in [5.74, 6) is 0.224. The maximum absolute atomic E-state index is 12.2. The van der Waals surface area contributed by atoms with Crippen LogP contribution in [-0.2, 0) is 11.3 Å². The smallest absolute Gasteiger partial charge is 0.239 e. The molecule has 1 atom stereocenters. The quantitative estimate of drug-likeness (QED) is 0.849. The number of hydrogen-bond acceptors (Lipinski definition) is 3. The van der Waals surface area contributed by atoms with E-state index >= 15 is 0 Å². The Morgan fingerprint density at radius 3 is 2.88 bits per heavy atom. The van der Waals surface area contributed by atoms with Crippen LogP contribution in [0.1, 0.15) is 25.3 Å². The minimum atomic E-state index is 0.0248. The van der Waals surface area contributed by atoms with E-state index in [1.165, 1.54) is 0 Å². The minimum absolute atomic E-state index is 0.0248. The Labute approximate surface area is 102 Å². The van der Waals surface area contributed by atoms with Crippen LogP contribution in [0, 0.1) is 0 Å². The Morgan fingerprint density at radius 2 is 2.29 bits per heavy atom. The second-order valence-electron chi connectivity index (χ2n) is 4.36. The predicted molar refractivity (Wildman–Crippen MR) is 66.4 cm³/mol. The first-order valence-corrected chi connectivity index (χ1v) is 6.22. The lowest BCUT2D eigenvalue weighted by Crippen LogP contribution is -2.43. The maximum Gasteiger partial charge on any atom is 0.239 e. The molecule has 1 amide bonds. The number of amides is 1. The lowest BCUT2D eigenvalue weighted by Gasteiger charge is -2.24. The van der Waals surface area contributed by atoms with Gasteiger partial charge in [0.25, 0.3) is 0 Å². The number of pyridine rings is 1. The summed E-state index contributed by atoms with van der Waals surface area (Å²) in [6.45, 7) is 4.41. The van der Waals surface area contributed by atoms with E-state index in [0.717, 1.165) is 31.5 Å². The van der Waals surface area contributed by atoms with Gasteiger partial charge >= 0.3 is 0 Å². The van der Waals surface area contributed by atoms with Gasteiger partial charge in [-0.3, -0.25) is 9.78 Å². The number of nitrogens with zero attached hydrogens (tertiary/aromatic N) is 2. The van der Waals surface area contributed by atoms with Crippen LogP contribution in [0.3, 0.4) is 0 Å². The van der Waals surface area contributed by atoms with Crippen LogP contribution < -0.4 is 5.32 Å². The number of likely N-dealkylation sites (N-methyl/N-ethyl adjacent to an activating group) is 1. The highest BCUT2D eigenvalue weighted by Crippen LogP contribution is 2.11. The van der Waals surface area contributed by atoms with E-state index in [1.807, 2.05) is 24.0 Å². The first-order chi connectivity index (χ1) is 8.31. The van der Waals surface area contributed by atoms with Gasteiger partial charge in [0, 0.05) is 25.5 Å². The van der Waals surface area contributed by atoms with E-state index in [2.05, 4.69) is 10.3 Å². The van der Waals surface area contributed by atoms with Gasteiger partial charge in [0.2, 0.25) is 5.91 Å². The van der Waals surface area contributed by atoms with Crippen LogP contribution in [0.25, 0.3) is 0 Å². The van der Waals surface area contributed by atoms with Crippen molar-refractivity contribution in [2.45, 2.75) is 32.4 Å². The van der Waals surface area contributed by atoms with Gasteiger partial charge in [-0.2, -0.15) is 0 Å². The Kier molecular flexibility index (Phi) is 4.09. The SMILES string of the molecule is CCN(Cc1ccncc1)C(=O)[C@H]1CCCN1. The highest BCUT2D eigenvalue weighted by Gasteiger charge is 2.25. The molecular formula is C13H19N3O. The molecule has 1 aromatic rings. The van der Waals surface area contributed by atoms with E-state index in [-0.39, 0.29) is 11.9 Å². The number of nitrogens with one attached hydrogen (secondary N) is 1. The zero-order valence-electron chi connectivity index (χ0n) is 10.2. The molecular weight excluding hydrogens is 214 g/mol. The normalized spacial score (nSPS) is 19.2. The molecule has 1 saturated heterocycles. The van der Waals surface area contributed by atoms with Crippen LogP contribution in [0.5, 0.6) is 0 Å². The molecule has 0 spiro atoms. The maximum atomic E-state index is 12.2. The standard InChI is InChI=1S/C13H19N3O/c1-2-16(10-11-5-8-14-9-6-11)13(17)12-4-3-7-15-12/h5-6,8-9,12,15H,2-4,7,10H2,1H3/t12-/m1/s1. The fourth-order valence-corrected chi connectivity index (χ4v) is 2.17. The summed E-state index contributed by atoms with van der Waals surface area (Å²) in [4.78, 5) is 18.1. The lowest BCUT2D eigenvalue weighted by atomic mass is 10.2. The Balaban J connectivity index is 1.98. The second-order valence-corrected chi connectivity index (χ2v) is 4.36. The molecule has 0 aliphatic carbocycles. The van der Waals surface area contributed by atoms with E-state index < -0.39 is 0 Å². The lowest BCUT2D eigenvalue weighted by molar-refractivity contribution is -0.133. The fraction of sp³-hybridized carbons (Fsp3) is 0.538. The number of rotatable bonds is 4. The zero-order valence-corrected chi connectivity index (χ0v) is 10.2. The van der Waals surface area contributed by atoms with Crippen LogP contribution in [0.15, 0.2) is 24.5 Å². The van der Waals surface area contributed by atoms with Gasteiger partial charge < -0.3 is 10.2 Å². The first-order valence-electron chi connectivity index (χ1n) is 6.22. The second kappa shape index (κ2) is 5.77. The molecule has 4 heteroatoms. The molecule has 92 valence electrons. The monoisotopic (exact) mass is 233 g/mol. The molecule has 1 aromatic heterocycles. The zero-order chi connectivity index (χ0) is 12.1. The van der Waals surface area contributed by atoms with Gasteiger partial charge in [-0.1, -0.05) is 0 Å². The predicted octanol–water partition coefficient (Wildman–Crippen LogP) is 1.18. The number of aromatic nitrogens is 1. The van der Waals surface area contributed by atoms with Crippen LogP contribution in [0.4, 0.5) is 0 Å². The van der Waals surface area contributed by atoms with E-state index in [4.69, 9.17) is 0 Å². The summed E-state index contributed by atoms with van der Waals surface area (Å²) in [6, 6.07) is 3.94. The molecule has 0 saturated carbocycles. The van der Waals surface area contributed by atoms with Crippen molar-refractivity contribution >= 4 is 5.91 Å². The molecule has 0 unspecified atom stereocenters.